The molecule has 1 aromatic carbocycles. The number of carboxylic acids is 1. The predicted molar refractivity (Wildman–Crippen MR) is 125 cm³/mol. The molecule has 1 aliphatic rings. The van der Waals surface area contributed by atoms with E-state index >= 15 is 0 Å². The number of carbonyl (C=O) groups is 1. The fraction of sp³-hybridized carbons (Fsp3) is 0.286. The third-order valence-electron chi connectivity index (χ3n) is 4.74. The van der Waals surface area contributed by atoms with Crippen molar-refractivity contribution in [2.75, 3.05) is 6.61 Å². The number of benzene rings is 1. The van der Waals surface area contributed by atoms with Crippen molar-refractivity contribution in [3.8, 4) is 18.1 Å². The van der Waals surface area contributed by atoms with Gasteiger partial charge in [0.15, 0.2) is 11.8 Å². The SMILES string of the molecule is C#C[C@@]1(COP(=O)(N[C@@H](C)C(=O)O)Oc2ccc(Br)cc2)C=C[C@H](n2cc(C)c(=O)[nH]c2=O)O1. The Morgan fingerprint density at radius 3 is 2.74 bits per heavy atom. The lowest BCUT2D eigenvalue weighted by molar-refractivity contribution is -0.138. The number of halogens is 1. The highest BCUT2D eigenvalue weighted by Crippen LogP contribution is 2.46. The molecule has 1 unspecified atom stereocenters. The fourth-order valence-corrected chi connectivity index (χ4v) is 4.65. The van der Waals surface area contributed by atoms with Crippen LogP contribution in [-0.4, -0.2) is 38.9 Å². The minimum absolute atomic E-state index is 0.155. The van der Waals surface area contributed by atoms with E-state index < -0.39 is 49.4 Å². The molecule has 0 radical (unpaired) electrons. The molecule has 0 aliphatic carbocycles. The van der Waals surface area contributed by atoms with Crippen molar-refractivity contribution in [1.82, 2.24) is 14.6 Å². The maximum absolute atomic E-state index is 13.4. The topological polar surface area (TPSA) is 149 Å². The summed E-state index contributed by atoms with van der Waals surface area (Å²) < 4.78 is 32.1. The van der Waals surface area contributed by atoms with E-state index in [0.717, 1.165) is 9.04 Å². The zero-order chi connectivity index (χ0) is 25.1. The summed E-state index contributed by atoms with van der Waals surface area (Å²) in [6.07, 6.45) is 8.92. The molecule has 1 aliphatic heterocycles. The van der Waals surface area contributed by atoms with Crippen molar-refractivity contribution in [3.63, 3.8) is 0 Å². The Morgan fingerprint density at radius 1 is 1.44 bits per heavy atom. The second-order valence-corrected chi connectivity index (χ2v) is 9.99. The number of carboxylic acid groups (broad SMARTS) is 1. The Bertz CT molecular complexity index is 1310. The quantitative estimate of drug-likeness (QED) is 0.241. The van der Waals surface area contributed by atoms with Gasteiger partial charge in [0.1, 0.15) is 18.4 Å². The van der Waals surface area contributed by atoms with Crippen LogP contribution < -0.4 is 20.9 Å². The highest BCUT2D eigenvalue weighted by atomic mass is 79.9. The Hall–Kier alpha value is -2.94. The summed E-state index contributed by atoms with van der Waals surface area (Å²) >= 11 is 3.28. The average molecular weight is 554 g/mol. The normalized spacial score (nSPS) is 22.0. The Balaban J connectivity index is 1.81. The van der Waals surface area contributed by atoms with Gasteiger partial charge in [-0.15, -0.1) is 6.42 Å². The lowest BCUT2D eigenvalue weighted by Crippen LogP contribution is -2.38. The Labute approximate surface area is 202 Å². The highest BCUT2D eigenvalue weighted by Gasteiger charge is 2.40. The molecule has 3 N–H and O–H groups in total. The van der Waals surface area contributed by atoms with Gasteiger partial charge in [-0.25, -0.2) is 9.36 Å². The molecule has 4 atom stereocenters. The van der Waals surface area contributed by atoms with Gasteiger partial charge < -0.3 is 14.4 Å². The second-order valence-electron chi connectivity index (χ2n) is 7.39. The lowest BCUT2D eigenvalue weighted by atomic mass is 10.1. The number of nitrogens with one attached hydrogen (secondary N) is 2. The maximum Gasteiger partial charge on any atom is 0.459 e. The summed E-state index contributed by atoms with van der Waals surface area (Å²) in [5.41, 5.74) is -2.51. The number of H-pyrrole nitrogens is 1. The molecule has 2 heterocycles. The van der Waals surface area contributed by atoms with E-state index in [2.05, 4.69) is 31.9 Å². The summed E-state index contributed by atoms with van der Waals surface area (Å²) in [5.74, 6) is 1.27. The zero-order valence-corrected chi connectivity index (χ0v) is 20.5. The summed E-state index contributed by atoms with van der Waals surface area (Å²) in [4.78, 5) is 37.3. The Morgan fingerprint density at radius 2 is 2.12 bits per heavy atom. The minimum atomic E-state index is -4.26. The largest absolute Gasteiger partial charge is 0.480 e. The lowest BCUT2D eigenvalue weighted by Gasteiger charge is -2.27. The molecule has 0 fully saturated rings. The first-order chi connectivity index (χ1) is 16.0. The van der Waals surface area contributed by atoms with Crippen molar-refractivity contribution in [2.24, 2.45) is 0 Å². The molecule has 0 amide bonds. The molecule has 0 spiro atoms. The second kappa shape index (κ2) is 10.1. The number of aryl methyl sites for hydroxylation is 1. The number of aromatic amines is 1. The van der Waals surface area contributed by atoms with E-state index in [1.165, 1.54) is 44.3 Å². The van der Waals surface area contributed by atoms with Crippen LogP contribution in [0.2, 0.25) is 0 Å². The van der Waals surface area contributed by atoms with Crippen LogP contribution in [0.25, 0.3) is 0 Å². The molecule has 2 aromatic rings. The number of hydrogen-bond acceptors (Lipinski definition) is 7. The van der Waals surface area contributed by atoms with E-state index in [4.69, 9.17) is 20.2 Å². The summed E-state index contributed by atoms with van der Waals surface area (Å²) in [6.45, 7) is 2.30. The molecule has 0 saturated heterocycles. The smallest absolute Gasteiger partial charge is 0.459 e. The van der Waals surface area contributed by atoms with Crippen LogP contribution in [0.15, 0.2) is 56.7 Å². The van der Waals surface area contributed by atoms with Gasteiger partial charge in [-0.2, -0.15) is 5.09 Å². The predicted octanol–water partition coefficient (Wildman–Crippen LogP) is 2.33. The first-order valence-corrected chi connectivity index (χ1v) is 12.2. The standard InChI is InChI=1S/C21H21BrN3O8P/c1-4-21(10-9-17(32-21)25-11-13(2)18(26)23-20(25)29)12-31-34(30,24-14(3)19(27)28)33-16-7-5-15(22)6-8-16/h1,5-11,14,17H,12H2,2-3H3,(H,24,30)(H,27,28)(H,23,26,29)/t14-,17+,21-,34?/m0/s1. The van der Waals surface area contributed by atoms with Gasteiger partial charge in [-0.3, -0.25) is 23.7 Å². The molecule has 1 aromatic heterocycles. The van der Waals surface area contributed by atoms with Crippen LogP contribution in [-0.2, 0) is 18.6 Å². The summed E-state index contributed by atoms with van der Waals surface area (Å²) in [7, 11) is -4.26. The molecular formula is C21H21BrN3O8P. The Kier molecular flexibility index (Phi) is 7.65. The molecule has 180 valence electrons. The minimum Gasteiger partial charge on any atom is -0.480 e. The number of rotatable bonds is 9. The van der Waals surface area contributed by atoms with Gasteiger partial charge in [-0.1, -0.05) is 21.9 Å². The number of aromatic nitrogens is 2. The average Bonchev–Trinajstić information content (AvgIpc) is 3.21. The van der Waals surface area contributed by atoms with E-state index in [9.17, 15) is 24.1 Å². The van der Waals surface area contributed by atoms with Crippen LogP contribution >= 0.6 is 23.7 Å². The van der Waals surface area contributed by atoms with Crippen LogP contribution in [0.1, 0.15) is 18.7 Å². The number of ether oxygens (including phenoxy) is 1. The maximum atomic E-state index is 13.4. The van der Waals surface area contributed by atoms with Crippen LogP contribution in [0.5, 0.6) is 5.75 Å². The molecule has 34 heavy (non-hydrogen) atoms. The number of hydrogen-bond donors (Lipinski definition) is 3. The molecular weight excluding hydrogens is 533 g/mol. The van der Waals surface area contributed by atoms with Gasteiger partial charge >= 0.3 is 19.4 Å². The number of aliphatic carboxylic acids is 1. The van der Waals surface area contributed by atoms with Gasteiger partial charge in [0.05, 0.1) is 0 Å². The first kappa shape index (κ1) is 25.7. The van der Waals surface area contributed by atoms with Crippen molar-refractivity contribution in [3.05, 3.63) is 73.5 Å². The molecule has 0 saturated carbocycles. The third kappa shape index (κ3) is 5.94. The van der Waals surface area contributed by atoms with Crippen molar-refractivity contribution in [2.45, 2.75) is 31.7 Å². The van der Waals surface area contributed by atoms with Crippen LogP contribution in [0, 0.1) is 19.3 Å². The third-order valence-corrected chi connectivity index (χ3v) is 6.89. The molecule has 0 bridgehead atoms. The fourth-order valence-electron chi connectivity index (χ4n) is 2.86. The summed E-state index contributed by atoms with van der Waals surface area (Å²) in [5, 5.41) is 11.6. The molecule has 3 rings (SSSR count). The monoisotopic (exact) mass is 553 g/mol. The van der Waals surface area contributed by atoms with E-state index in [1.807, 2.05) is 0 Å². The van der Waals surface area contributed by atoms with Gasteiger partial charge in [0.2, 0.25) is 0 Å². The van der Waals surface area contributed by atoms with Gasteiger partial charge in [-0.05, 0) is 50.3 Å². The highest BCUT2D eigenvalue weighted by molar-refractivity contribution is 9.10. The van der Waals surface area contributed by atoms with Crippen LogP contribution in [0.4, 0.5) is 0 Å². The van der Waals surface area contributed by atoms with E-state index in [0.29, 0.717) is 0 Å². The van der Waals surface area contributed by atoms with Crippen LogP contribution in [0.3, 0.4) is 0 Å². The summed E-state index contributed by atoms with van der Waals surface area (Å²) in [6, 6.07) is 5.02. The first-order valence-electron chi connectivity index (χ1n) is 9.83. The molecule has 13 heteroatoms. The number of terminal acetylenes is 1. The zero-order valence-electron chi connectivity index (χ0n) is 18.1. The van der Waals surface area contributed by atoms with Crippen molar-refractivity contribution in [1.29, 1.82) is 0 Å². The van der Waals surface area contributed by atoms with E-state index in [-0.39, 0.29) is 11.3 Å². The number of nitrogens with zero attached hydrogens (tertiary/aromatic N) is 1. The molecule has 11 nitrogen and oxygen atoms in total. The van der Waals surface area contributed by atoms with E-state index in [1.54, 1.807) is 12.1 Å². The van der Waals surface area contributed by atoms with Crippen molar-refractivity contribution >= 4 is 29.6 Å². The van der Waals surface area contributed by atoms with Crippen molar-refractivity contribution < 1.29 is 28.3 Å². The van der Waals surface area contributed by atoms with Gasteiger partial charge in [0, 0.05) is 16.2 Å². The van der Waals surface area contributed by atoms with Gasteiger partial charge in [0.25, 0.3) is 5.56 Å².